The van der Waals surface area contributed by atoms with Crippen LogP contribution in [-0.2, 0) is 10.8 Å². The summed E-state index contributed by atoms with van der Waals surface area (Å²) in [5.74, 6) is 0.669. The van der Waals surface area contributed by atoms with Crippen molar-refractivity contribution in [3.8, 4) is 10.7 Å². The summed E-state index contributed by atoms with van der Waals surface area (Å²) < 4.78 is 0. The van der Waals surface area contributed by atoms with Gasteiger partial charge in [-0.05, 0) is 17.5 Å². The van der Waals surface area contributed by atoms with E-state index in [2.05, 4.69) is 57.6 Å². The summed E-state index contributed by atoms with van der Waals surface area (Å²) in [6.07, 6.45) is 0. The van der Waals surface area contributed by atoms with E-state index in [4.69, 9.17) is 0 Å². The molecule has 1 N–H and O–H groups in total. The molecule has 0 fully saturated rings. The Morgan fingerprint density at radius 2 is 1.70 bits per heavy atom. The van der Waals surface area contributed by atoms with Crippen LogP contribution in [0.4, 0.5) is 0 Å². The lowest BCUT2D eigenvalue weighted by atomic mass is 9.92. The normalized spacial score (nSPS) is 12.7. The van der Waals surface area contributed by atoms with Crippen LogP contribution in [0.25, 0.3) is 10.7 Å². The standard InChI is InChI=1S/C16H22N2OS/c1-15(2,3)11-9-13(19)18-14(17-11)10-7-8-12(20-10)16(4,5)6/h7-9H,1-6H3,(H,17,18,19). The molecule has 0 aliphatic carbocycles. The van der Waals surface area contributed by atoms with Gasteiger partial charge in [-0.1, -0.05) is 41.5 Å². The van der Waals surface area contributed by atoms with Gasteiger partial charge in [-0.3, -0.25) is 4.79 Å². The topological polar surface area (TPSA) is 45.8 Å². The quantitative estimate of drug-likeness (QED) is 0.859. The number of rotatable bonds is 1. The Labute approximate surface area is 124 Å². The number of hydrogen-bond acceptors (Lipinski definition) is 3. The highest BCUT2D eigenvalue weighted by atomic mass is 32.1. The van der Waals surface area contributed by atoms with Crippen LogP contribution in [0.2, 0.25) is 0 Å². The van der Waals surface area contributed by atoms with E-state index in [1.54, 1.807) is 17.4 Å². The Kier molecular flexibility index (Phi) is 3.63. The average molecular weight is 290 g/mol. The number of nitrogens with one attached hydrogen (secondary N) is 1. The fourth-order valence-corrected chi connectivity index (χ4v) is 2.84. The van der Waals surface area contributed by atoms with E-state index in [0.717, 1.165) is 10.6 Å². The summed E-state index contributed by atoms with van der Waals surface area (Å²) in [7, 11) is 0. The van der Waals surface area contributed by atoms with E-state index in [-0.39, 0.29) is 16.4 Å². The molecule has 2 aromatic heterocycles. The molecule has 0 radical (unpaired) electrons. The first-order chi connectivity index (χ1) is 9.07. The summed E-state index contributed by atoms with van der Waals surface area (Å²) in [6, 6.07) is 5.74. The molecular weight excluding hydrogens is 268 g/mol. The number of aromatic nitrogens is 2. The molecule has 0 spiro atoms. The molecule has 3 nitrogen and oxygen atoms in total. The molecule has 0 aliphatic rings. The molecule has 0 aliphatic heterocycles. The first kappa shape index (κ1) is 15.0. The first-order valence-electron chi connectivity index (χ1n) is 6.80. The van der Waals surface area contributed by atoms with Gasteiger partial charge in [0.2, 0.25) is 0 Å². The van der Waals surface area contributed by atoms with Gasteiger partial charge in [-0.25, -0.2) is 4.98 Å². The number of H-pyrrole nitrogens is 1. The lowest BCUT2D eigenvalue weighted by molar-refractivity contribution is 0.566. The highest BCUT2D eigenvalue weighted by molar-refractivity contribution is 7.15. The third-order valence-electron chi connectivity index (χ3n) is 3.09. The van der Waals surface area contributed by atoms with Crippen molar-refractivity contribution in [1.82, 2.24) is 9.97 Å². The van der Waals surface area contributed by atoms with E-state index in [1.807, 2.05) is 6.07 Å². The minimum atomic E-state index is -0.132. The van der Waals surface area contributed by atoms with Crippen LogP contribution in [0.3, 0.4) is 0 Å². The summed E-state index contributed by atoms with van der Waals surface area (Å²) in [5.41, 5.74) is 0.713. The highest BCUT2D eigenvalue weighted by Gasteiger charge is 2.20. The SMILES string of the molecule is CC(C)(C)c1cc(=O)[nH]c(-c2ccc(C(C)(C)C)s2)n1. The lowest BCUT2D eigenvalue weighted by Gasteiger charge is -2.17. The third-order valence-corrected chi connectivity index (χ3v) is 4.61. The van der Waals surface area contributed by atoms with Gasteiger partial charge in [0.05, 0.1) is 10.6 Å². The Balaban J connectivity index is 2.51. The smallest absolute Gasteiger partial charge is 0.251 e. The van der Waals surface area contributed by atoms with Crippen molar-refractivity contribution in [2.45, 2.75) is 52.4 Å². The van der Waals surface area contributed by atoms with Crippen LogP contribution in [0.15, 0.2) is 23.0 Å². The summed E-state index contributed by atoms with van der Waals surface area (Å²) in [4.78, 5) is 21.6. The van der Waals surface area contributed by atoms with Gasteiger partial charge in [0, 0.05) is 16.4 Å². The Bertz CT molecular complexity index is 669. The van der Waals surface area contributed by atoms with E-state index >= 15 is 0 Å². The number of hydrogen-bond donors (Lipinski definition) is 1. The van der Waals surface area contributed by atoms with Gasteiger partial charge >= 0.3 is 0 Å². The van der Waals surface area contributed by atoms with Gasteiger partial charge in [0.25, 0.3) is 5.56 Å². The predicted octanol–water partition coefficient (Wildman–Crippen LogP) is 4.09. The summed E-state index contributed by atoms with van der Waals surface area (Å²) >= 11 is 1.69. The molecule has 0 saturated heterocycles. The minimum Gasteiger partial charge on any atom is -0.306 e. The molecule has 2 rings (SSSR count). The number of thiophene rings is 1. The molecule has 0 saturated carbocycles. The second kappa shape index (κ2) is 4.85. The van der Waals surface area contributed by atoms with Gasteiger partial charge in [0.1, 0.15) is 0 Å². The van der Waals surface area contributed by atoms with Crippen LogP contribution >= 0.6 is 11.3 Å². The molecule has 0 unspecified atom stereocenters. The first-order valence-corrected chi connectivity index (χ1v) is 7.61. The molecule has 108 valence electrons. The average Bonchev–Trinajstić information content (AvgIpc) is 2.75. The molecule has 0 amide bonds. The van der Waals surface area contributed by atoms with Crippen molar-refractivity contribution < 1.29 is 0 Å². The Hall–Kier alpha value is -1.42. The van der Waals surface area contributed by atoms with Crippen molar-refractivity contribution >= 4 is 11.3 Å². The van der Waals surface area contributed by atoms with Crippen LogP contribution in [-0.4, -0.2) is 9.97 Å². The molecule has 4 heteroatoms. The van der Waals surface area contributed by atoms with Crippen molar-refractivity contribution in [2.24, 2.45) is 0 Å². The van der Waals surface area contributed by atoms with Crippen molar-refractivity contribution in [3.63, 3.8) is 0 Å². The zero-order valence-electron chi connectivity index (χ0n) is 13.0. The largest absolute Gasteiger partial charge is 0.306 e. The Morgan fingerprint density at radius 1 is 1.05 bits per heavy atom. The molecule has 2 heterocycles. The number of aromatic amines is 1. The van der Waals surface area contributed by atoms with Gasteiger partial charge in [-0.15, -0.1) is 11.3 Å². The molecular formula is C16H22N2OS. The van der Waals surface area contributed by atoms with Gasteiger partial charge < -0.3 is 4.98 Å². The fraction of sp³-hybridized carbons (Fsp3) is 0.500. The van der Waals surface area contributed by atoms with Gasteiger partial charge in [-0.2, -0.15) is 0 Å². The molecule has 20 heavy (non-hydrogen) atoms. The summed E-state index contributed by atoms with van der Waals surface area (Å²) in [5, 5.41) is 0. The lowest BCUT2D eigenvalue weighted by Crippen LogP contribution is -2.19. The maximum Gasteiger partial charge on any atom is 0.251 e. The minimum absolute atomic E-state index is 0.0920. The van der Waals surface area contributed by atoms with Crippen molar-refractivity contribution in [2.75, 3.05) is 0 Å². The fourth-order valence-electron chi connectivity index (χ4n) is 1.83. The zero-order chi connectivity index (χ0) is 15.1. The number of nitrogens with zero attached hydrogens (tertiary/aromatic N) is 1. The predicted molar refractivity (Wildman–Crippen MR) is 85.6 cm³/mol. The second-order valence-electron chi connectivity index (χ2n) is 7.14. The van der Waals surface area contributed by atoms with Gasteiger partial charge in [0.15, 0.2) is 5.82 Å². The van der Waals surface area contributed by atoms with E-state index < -0.39 is 0 Å². The second-order valence-corrected chi connectivity index (χ2v) is 8.23. The Morgan fingerprint density at radius 3 is 2.20 bits per heavy atom. The maximum atomic E-state index is 11.8. The van der Waals surface area contributed by atoms with Crippen LogP contribution in [0, 0.1) is 0 Å². The molecule has 0 aromatic carbocycles. The monoisotopic (exact) mass is 290 g/mol. The highest BCUT2D eigenvalue weighted by Crippen LogP contribution is 2.33. The van der Waals surface area contributed by atoms with E-state index in [1.165, 1.54) is 4.88 Å². The maximum absolute atomic E-state index is 11.8. The van der Waals surface area contributed by atoms with E-state index in [9.17, 15) is 4.79 Å². The molecule has 0 bridgehead atoms. The van der Waals surface area contributed by atoms with Crippen LogP contribution in [0.5, 0.6) is 0 Å². The molecule has 2 aromatic rings. The molecule has 0 atom stereocenters. The van der Waals surface area contributed by atoms with Crippen LogP contribution in [0.1, 0.15) is 52.1 Å². The zero-order valence-corrected chi connectivity index (χ0v) is 13.8. The van der Waals surface area contributed by atoms with Crippen molar-refractivity contribution in [3.05, 3.63) is 39.1 Å². The summed E-state index contributed by atoms with van der Waals surface area (Å²) in [6.45, 7) is 12.7. The third kappa shape index (κ3) is 3.18. The van der Waals surface area contributed by atoms with Crippen LogP contribution < -0.4 is 5.56 Å². The van der Waals surface area contributed by atoms with Crippen molar-refractivity contribution in [1.29, 1.82) is 0 Å². The van der Waals surface area contributed by atoms with E-state index in [0.29, 0.717) is 5.82 Å².